The fourth-order valence-electron chi connectivity index (χ4n) is 1.46. The number of aromatic nitrogens is 1. The van der Waals surface area contributed by atoms with Crippen molar-refractivity contribution in [3.05, 3.63) is 46.1 Å². The number of rotatable bonds is 2. The Hall–Kier alpha value is -1.98. The summed E-state index contributed by atoms with van der Waals surface area (Å²) in [5.74, 6) is -0.0890. The second-order valence-electron chi connectivity index (χ2n) is 3.77. The molecule has 1 aromatic carbocycles. The van der Waals surface area contributed by atoms with Gasteiger partial charge in [0, 0.05) is 11.2 Å². The van der Waals surface area contributed by atoms with Crippen molar-refractivity contribution in [1.29, 1.82) is 0 Å². The lowest BCUT2D eigenvalue weighted by Crippen LogP contribution is -2.15. The molecule has 5 nitrogen and oxygen atoms in total. The van der Waals surface area contributed by atoms with Gasteiger partial charge in [-0.1, -0.05) is 23.2 Å². The van der Waals surface area contributed by atoms with Crippen molar-refractivity contribution in [3.63, 3.8) is 0 Å². The predicted octanol–water partition coefficient (Wildman–Crippen LogP) is 2.81. The fraction of sp³-hybridized carbons (Fsp3) is 0. The monoisotopic (exact) mass is 296 g/mol. The average molecular weight is 297 g/mol. The number of nitrogens with two attached hydrogens (primary N) is 2. The number of hydrogen-bond acceptors (Lipinski definition) is 4. The molecule has 2 aromatic rings. The first kappa shape index (κ1) is 13.5. The second-order valence-corrected chi connectivity index (χ2v) is 4.64. The van der Waals surface area contributed by atoms with E-state index in [0.29, 0.717) is 15.9 Å². The van der Waals surface area contributed by atoms with Crippen LogP contribution < -0.4 is 16.8 Å². The molecule has 0 aliphatic heterocycles. The van der Waals surface area contributed by atoms with Crippen LogP contribution in [-0.2, 0) is 0 Å². The van der Waals surface area contributed by atoms with Gasteiger partial charge in [-0.3, -0.25) is 4.79 Å². The standard InChI is InChI=1S/C12H10Cl2N4O/c13-6-1-2-10(17-5-6)18-12(19)8-3-7(14)4-9(15)11(8)16/h1-5H,15-16H2,(H,17,18,19). The van der Waals surface area contributed by atoms with Gasteiger partial charge in [-0.15, -0.1) is 0 Å². The highest BCUT2D eigenvalue weighted by Gasteiger charge is 2.13. The summed E-state index contributed by atoms with van der Waals surface area (Å²) >= 11 is 11.5. The number of hydrogen-bond donors (Lipinski definition) is 3. The van der Waals surface area contributed by atoms with Crippen molar-refractivity contribution in [2.24, 2.45) is 0 Å². The van der Waals surface area contributed by atoms with Crippen LogP contribution in [0.25, 0.3) is 0 Å². The first-order chi connectivity index (χ1) is 8.97. The van der Waals surface area contributed by atoms with Gasteiger partial charge in [0.2, 0.25) is 0 Å². The van der Waals surface area contributed by atoms with Gasteiger partial charge in [0.25, 0.3) is 5.91 Å². The highest BCUT2D eigenvalue weighted by Crippen LogP contribution is 2.26. The average Bonchev–Trinajstić information content (AvgIpc) is 2.36. The maximum Gasteiger partial charge on any atom is 0.259 e. The summed E-state index contributed by atoms with van der Waals surface area (Å²) in [4.78, 5) is 16.0. The molecule has 1 aromatic heterocycles. The van der Waals surface area contributed by atoms with E-state index in [1.807, 2.05) is 0 Å². The number of nitrogen functional groups attached to an aromatic ring is 2. The highest BCUT2D eigenvalue weighted by molar-refractivity contribution is 6.32. The lowest BCUT2D eigenvalue weighted by Gasteiger charge is -2.09. The molecule has 1 amide bonds. The zero-order valence-electron chi connectivity index (χ0n) is 9.65. The molecule has 1 heterocycles. The number of anilines is 3. The van der Waals surface area contributed by atoms with Crippen LogP contribution >= 0.6 is 23.2 Å². The molecule has 98 valence electrons. The number of carbonyl (C=O) groups is 1. The van der Waals surface area contributed by atoms with E-state index in [2.05, 4.69) is 10.3 Å². The van der Waals surface area contributed by atoms with Crippen molar-refractivity contribution in [3.8, 4) is 0 Å². The number of nitrogens with one attached hydrogen (secondary N) is 1. The van der Waals surface area contributed by atoms with E-state index in [4.69, 9.17) is 34.7 Å². The maximum atomic E-state index is 12.0. The smallest absolute Gasteiger partial charge is 0.259 e. The minimum Gasteiger partial charge on any atom is -0.397 e. The molecule has 0 bridgehead atoms. The lowest BCUT2D eigenvalue weighted by molar-refractivity contribution is 0.102. The van der Waals surface area contributed by atoms with Crippen LogP contribution in [0.2, 0.25) is 10.0 Å². The molecule has 0 aliphatic carbocycles. The van der Waals surface area contributed by atoms with Gasteiger partial charge in [-0.2, -0.15) is 0 Å². The quantitative estimate of drug-likeness (QED) is 0.743. The Morgan fingerprint density at radius 1 is 1.16 bits per heavy atom. The van der Waals surface area contributed by atoms with Gasteiger partial charge < -0.3 is 16.8 Å². The molecule has 19 heavy (non-hydrogen) atoms. The van der Waals surface area contributed by atoms with Gasteiger partial charge in [0.05, 0.1) is 22.0 Å². The molecule has 0 unspecified atom stereocenters. The normalized spacial score (nSPS) is 10.2. The molecule has 0 saturated heterocycles. The fourth-order valence-corrected chi connectivity index (χ4v) is 1.80. The number of pyridine rings is 1. The van der Waals surface area contributed by atoms with Gasteiger partial charge in [-0.25, -0.2) is 4.98 Å². The maximum absolute atomic E-state index is 12.0. The van der Waals surface area contributed by atoms with Crippen LogP contribution in [0.1, 0.15) is 10.4 Å². The minimum absolute atomic E-state index is 0.177. The third-order valence-corrected chi connectivity index (χ3v) is 2.83. The number of benzene rings is 1. The summed E-state index contributed by atoms with van der Waals surface area (Å²) in [5.41, 5.74) is 12.0. The third kappa shape index (κ3) is 3.07. The van der Waals surface area contributed by atoms with Crippen LogP contribution in [0, 0.1) is 0 Å². The Bertz CT molecular complexity index is 628. The predicted molar refractivity (Wildman–Crippen MR) is 77.5 cm³/mol. The van der Waals surface area contributed by atoms with E-state index in [-0.39, 0.29) is 16.9 Å². The zero-order chi connectivity index (χ0) is 14.0. The van der Waals surface area contributed by atoms with E-state index in [1.165, 1.54) is 18.3 Å². The van der Waals surface area contributed by atoms with E-state index >= 15 is 0 Å². The zero-order valence-corrected chi connectivity index (χ0v) is 11.2. The molecule has 0 atom stereocenters. The summed E-state index contributed by atoms with van der Waals surface area (Å²) in [7, 11) is 0. The van der Waals surface area contributed by atoms with Crippen LogP contribution in [0.15, 0.2) is 30.5 Å². The molecule has 5 N–H and O–H groups in total. The number of amides is 1. The molecular formula is C12H10Cl2N4O. The summed E-state index contributed by atoms with van der Waals surface area (Å²) in [5, 5.41) is 3.39. The van der Waals surface area contributed by atoms with E-state index < -0.39 is 5.91 Å². The van der Waals surface area contributed by atoms with Crippen molar-refractivity contribution >= 4 is 46.3 Å². The first-order valence-corrected chi connectivity index (χ1v) is 6.00. The molecule has 7 heteroatoms. The minimum atomic E-state index is -0.443. The highest BCUT2D eigenvalue weighted by atomic mass is 35.5. The Kier molecular flexibility index (Phi) is 3.78. The molecule has 0 saturated carbocycles. The lowest BCUT2D eigenvalue weighted by atomic mass is 10.1. The van der Waals surface area contributed by atoms with Gasteiger partial charge in [-0.05, 0) is 24.3 Å². The largest absolute Gasteiger partial charge is 0.397 e. The first-order valence-electron chi connectivity index (χ1n) is 5.25. The molecule has 0 spiro atoms. The third-order valence-electron chi connectivity index (χ3n) is 2.39. The number of halogens is 2. The molecule has 2 rings (SSSR count). The van der Waals surface area contributed by atoms with Crippen LogP contribution in [0.3, 0.4) is 0 Å². The Morgan fingerprint density at radius 3 is 2.53 bits per heavy atom. The number of carbonyl (C=O) groups excluding carboxylic acids is 1. The Morgan fingerprint density at radius 2 is 1.89 bits per heavy atom. The van der Waals surface area contributed by atoms with E-state index in [1.54, 1.807) is 12.1 Å². The summed E-state index contributed by atoms with van der Waals surface area (Å²) < 4.78 is 0. The molecule has 0 radical (unpaired) electrons. The van der Waals surface area contributed by atoms with Crippen molar-refractivity contribution in [2.45, 2.75) is 0 Å². The Balaban J connectivity index is 2.27. The van der Waals surface area contributed by atoms with Crippen molar-refractivity contribution < 1.29 is 4.79 Å². The summed E-state index contributed by atoms with van der Waals surface area (Å²) in [6.07, 6.45) is 1.42. The summed E-state index contributed by atoms with van der Waals surface area (Å²) in [6.45, 7) is 0. The van der Waals surface area contributed by atoms with E-state index in [0.717, 1.165) is 0 Å². The van der Waals surface area contributed by atoms with Gasteiger partial charge in [0.15, 0.2) is 0 Å². The van der Waals surface area contributed by atoms with Gasteiger partial charge >= 0.3 is 0 Å². The Labute approximate surface area is 119 Å². The van der Waals surface area contributed by atoms with Gasteiger partial charge in [0.1, 0.15) is 5.82 Å². The summed E-state index contributed by atoms with van der Waals surface area (Å²) in [6, 6.07) is 6.11. The molecular weight excluding hydrogens is 287 g/mol. The second kappa shape index (κ2) is 5.34. The molecule has 0 aliphatic rings. The van der Waals surface area contributed by atoms with Crippen LogP contribution in [-0.4, -0.2) is 10.9 Å². The van der Waals surface area contributed by atoms with Crippen molar-refractivity contribution in [2.75, 3.05) is 16.8 Å². The SMILES string of the molecule is Nc1cc(Cl)cc(C(=O)Nc2ccc(Cl)cn2)c1N. The molecule has 0 fully saturated rings. The van der Waals surface area contributed by atoms with Crippen LogP contribution in [0.5, 0.6) is 0 Å². The van der Waals surface area contributed by atoms with E-state index in [9.17, 15) is 4.79 Å². The van der Waals surface area contributed by atoms with Crippen molar-refractivity contribution in [1.82, 2.24) is 4.98 Å². The number of nitrogens with zero attached hydrogens (tertiary/aromatic N) is 1. The topological polar surface area (TPSA) is 94.0 Å². The van der Waals surface area contributed by atoms with Crippen LogP contribution in [0.4, 0.5) is 17.2 Å².